The molecule has 1 fully saturated rings. The van der Waals surface area contributed by atoms with E-state index in [9.17, 15) is 4.79 Å². The van der Waals surface area contributed by atoms with Crippen LogP contribution in [0, 0.1) is 0 Å². The molecular formula is C18H23ClN4O2. The third kappa shape index (κ3) is 4.45. The van der Waals surface area contributed by atoms with Crippen molar-refractivity contribution >= 4 is 23.5 Å². The molecule has 0 radical (unpaired) electrons. The highest BCUT2D eigenvalue weighted by atomic mass is 35.5. The van der Waals surface area contributed by atoms with Gasteiger partial charge in [-0.1, -0.05) is 23.7 Å². The fourth-order valence-corrected chi connectivity index (χ4v) is 2.82. The number of hydrogen-bond acceptors (Lipinski definition) is 4. The number of aromatic nitrogens is 2. The number of amides is 1. The van der Waals surface area contributed by atoms with E-state index in [1.807, 2.05) is 51.1 Å². The summed E-state index contributed by atoms with van der Waals surface area (Å²) >= 11 is 5.93. The summed E-state index contributed by atoms with van der Waals surface area (Å²) in [4.78, 5) is 16.0. The van der Waals surface area contributed by atoms with Gasteiger partial charge in [-0.25, -0.2) is 4.79 Å². The molecule has 25 heavy (non-hydrogen) atoms. The number of piperazine rings is 1. The van der Waals surface area contributed by atoms with Gasteiger partial charge in [-0.2, -0.15) is 5.10 Å². The Balaban J connectivity index is 1.60. The average Bonchev–Trinajstić information content (AvgIpc) is 3.04. The molecule has 3 rings (SSSR count). The maximum atomic E-state index is 12.1. The van der Waals surface area contributed by atoms with Crippen LogP contribution in [-0.2, 0) is 4.74 Å². The maximum absolute atomic E-state index is 12.1. The van der Waals surface area contributed by atoms with Crippen molar-refractivity contribution in [2.24, 2.45) is 0 Å². The molecule has 1 amide bonds. The van der Waals surface area contributed by atoms with Gasteiger partial charge in [-0.05, 0) is 38.5 Å². The first-order valence-electron chi connectivity index (χ1n) is 8.36. The first-order valence-corrected chi connectivity index (χ1v) is 8.74. The Bertz CT molecular complexity index is 728. The molecule has 0 aliphatic carbocycles. The van der Waals surface area contributed by atoms with E-state index in [0.717, 1.165) is 30.2 Å². The van der Waals surface area contributed by atoms with Crippen molar-refractivity contribution in [2.75, 3.05) is 31.1 Å². The van der Waals surface area contributed by atoms with Crippen molar-refractivity contribution in [3.63, 3.8) is 0 Å². The molecule has 1 aliphatic rings. The largest absolute Gasteiger partial charge is 0.444 e. The summed E-state index contributed by atoms with van der Waals surface area (Å²) in [6.07, 6.45) is -0.254. The number of rotatable bonds is 2. The summed E-state index contributed by atoms with van der Waals surface area (Å²) in [6, 6.07) is 9.65. The Morgan fingerprint density at radius 3 is 2.40 bits per heavy atom. The second kappa shape index (κ2) is 6.96. The smallest absolute Gasteiger partial charge is 0.410 e. The minimum atomic E-state index is -0.468. The molecule has 0 atom stereocenters. The van der Waals surface area contributed by atoms with Crippen molar-refractivity contribution < 1.29 is 9.53 Å². The Labute approximate surface area is 152 Å². The molecule has 0 unspecified atom stereocenters. The molecule has 1 N–H and O–H groups in total. The molecule has 2 aromatic rings. The van der Waals surface area contributed by atoms with Crippen molar-refractivity contribution in [1.29, 1.82) is 0 Å². The Hall–Kier alpha value is -2.21. The summed E-state index contributed by atoms with van der Waals surface area (Å²) in [5.41, 5.74) is 1.51. The van der Waals surface area contributed by atoms with Gasteiger partial charge >= 0.3 is 6.09 Å². The molecule has 6 nitrogen and oxygen atoms in total. The molecule has 1 aromatic carbocycles. The van der Waals surface area contributed by atoms with Crippen LogP contribution in [0.3, 0.4) is 0 Å². The number of nitrogens with zero attached hydrogens (tertiary/aromatic N) is 3. The lowest BCUT2D eigenvalue weighted by Gasteiger charge is -2.35. The van der Waals surface area contributed by atoms with Crippen LogP contribution in [0.2, 0.25) is 5.02 Å². The number of ether oxygens (including phenoxy) is 1. The molecule has 1 aromatic heterocycles. The zero-order valence-corrected chi connectivity index (χ0v) is 15.5. The summed E-state index contributed by atoms with van der Waals surface area (Å²) in [7, 11) is 0. The van der Waals surface area contributed by atoms with Crippen LogP contribution in [0.15, 0.2) is 30.3 Å². The zero-order valence-electron chi connectivity index (χ0n) is 14.8. The van der Waals surface area contributed by atoms with E-state index in [-0.39, 0.29) is 6.09 Å². The predicted octanol–water partition coefficient (Wildman–Crippen LogP) is 3.79. The van der Waals surface area contributed by atoms with E-state index in [1.54, 1.807) is 4.90 Å². The third-order valence-corrected chi connectivity index (χ3v) is 4.23. The second-order valence-corrected chi connectivity index (χ2v) is 7.54. The third-order valence-electron chi connectivity index (χ3n) is 3.97. The van der Waals surface area contributed by atoms with Crippen LogP contribution >= 0.6 is 11.6 Å². The lowest BCUT2D eigenvalue weighted by atomic mass is 10.1. The van der Waals surface area contributed by atoms with Gasteiger partial charge < -0.3 is 14.5 Å². The normalized spacial score (nSPS) is 15.4. The van der Waals surface area contributed by atoms with Crippen LogP contribution < -0.4 is 4.90 Å². The number of halogens is 1. The summed E-state index contributed by atoms with van der Waals surface area (Å²) < 4.78 is 5.43. The van der Waals surface area contributed by atoms with Crippen LogP contribution in [0.5, 0.6) is 0 Å². The fraction of sp³-hybridized carbons (Fsp3) is 0.444. The topological polar surface area (TPSA) is 61.5 Å². The van der Waals surface area contributed by atoms with Crippen LogP contribution in [0.4, 0.5) is 10.6 Å². The highest BCUT2D eigenvalue weighted by molar-refractivity contribution is 6.30. The summed E-state index contributed by atoms with van der Waals surface area (Å²) in [5, 5.41) is 8.18. The number of H-pyrrole nitrogens is 1. The van der Waals surface area contributed by atoms with Gasteiger partial charge in [-0.3, -0.25) is 5.10 Å². The Kier molecular flexibility index (Phi) is 4.90. The van der Waals surface area contributed by atoms with Gasteiger partial charge in [0.15, 0.2) is 5.82 Å². The van der Waals surface area contributed by atoms with Crippen LogP contribution in [0.25, 0.3) is 11.3 Å². The Morgan fingerprint density at radius 1 is 1.16 bits per heavy atom. The van der Waals surface area contributed by atoms with E-state index in [4.69, 9.17) is 16.3 Å². The number of carbonyl (C=O) groups is 1. The lowest BCUT2D eigenvalue weighted by molar-refractivity contribution is 0.0240. The van der Waals surface area contributed by atoms with Crippen molar-refractivity contribution in [3.8, 4) is 11.3 Å². The van der Waals surface area contributed by atoms with E-state index in [0.29, 0.717) is 18.1 Å². The van der Waals surface area contributed by atoms with Gasteiger partial charge in [0.2, 0.25) is 0 Å². The first-order chi connectivity index (χ1) is 11.8. The van der Waals surface area contributed by atoms with Gasteiger partial charge in [0.25, 0.3) is 0 Å². The van der Waals surface area contributed by atoms with Crippen molar-refractivity contribution in [2.45, 2.75) is 26.4 Å². The molecule has 0 bridgehead atoms. The molecule has 134 valence electrons. The molecule has 0 spiro atoms. The molecule has 1 saturated heterocycles. The summed E-state index contributed by atoms with van der Waals surface area (Å²) in [5.74, 6) is 0.883. The van der Waals surface area contributed by atoms with Gasteiger partial charge in [0.1, 0.15) is 5.60 Å². The highest BCUT2D eigenvalue weighted by Gasteiger charge is 2.26. The van der Waals surface area contributed by atoms with E-state index in [1.165, 1.54) is 0 Å². The monoisotopic (exact) mass is 362 g/mol. The molecule has 0 saturated carbocycles. The van der Waals surface area contributed by atoms with Crippen molar-refractivity contribution in [1.82, 2.24) is 15.1 Å². The van der Waals surface area contributed by atoms with Crippen molar-refractivity contribution in [3.05, 3.63) is 35.4 Å². The lowest BCUT2D eigenvalue weighted by Crippen LogP contribution is -2.50. The van der Waals surface area contributed by atoms with Gasteiger partial charge in [0, 0.05) is 37.3 Å². The molecule has 2 heterocycles. The van der Waals surface area contributed by atoms with Gasteiger partial charge in [-0.15, -0.1) is 0 Å². The number of aromatic amines is 1. The Morgan fingerprint density at radius 2 is 1.80 bits per heavy atom. The fourth-order valence-electron chi connectivity index (χ4n) is 2.70. The zero-order chi connectivity index (χ0) is 18.0. The highest BCUT2D eigenvalue weighted by Crippen LogP contribution is 2.24. The number of carbonyl (C=O) groups excluding carboxylic acids is 1. The number of anilines is 1. The molecule has 7 heteroatoms. The SMILES string of the molecule is CC(C)(C)OC(=O)N1CCN(c2cc(-c3ccc(Cl)cc3)[nH]n2)CC1. The molecule has 1 aliphatic heterocycles. The van der Waals surface area contributed by atoms with E-state index in [2.05, 4.69) is 15.1 Å². The first kappa shape index (κ1) is 17.6. The van der Waals surface area contributed by atoms with Crippen LogP contribution in [-0.4, -0.2) is 53.0 Å². The van der Waals surface area contributed by atoms with E-state index < -0.39 is 5.60 Å². The quantitative estimate of drug-likeness (QED) is 0.883. The number of benzene rings is 1. The average molecular weight is 363 g/mol. The standard InChI is InChI=1S/C18H23ClN4O2/c1-18(2,3)25-17(24)23-10-8-22(9-11-23)16-12-15(20-21-16)13-4-6-14(19)7-5-13/h4-7,12H,8-11H2,1-3H3,(H,20,21). The minimum Gasteiger partial charge on any atom is -0.444 e. The predicted molar refractivity (Wildman–Crippen MR) is 99.1 cm³/mol. The minimum absolute atomic E-state index is 0.254. The molecular weight excluding hydrogens is 340 g/mol. The maximum Gasteiger partial charge on any atom is 0.410 e. The number of nitrogens with one attached hydrogen (secondary N) is 1. The van der Waals surface area contributed by atoms with E-state index >= 15 is 0 Å². The van der Waals surface area contributed by atoms with Gasteiger partial charge in [0.05, 0.1) is 5.69 Å². The number of hydrogen-bond donors (Lipinski definition) is 1. The second-order valence-electron chi connectivity index (χ2n) is 7.10. The van der Waals surface area contributed by atoms with Crippen LogP contribution in [0.1, 0.15) is 20.8 Å². The summed E-state index contributed by atoms with van der Waals surface area (Å²) in [6.45, 7) is 8.33.